The molecule has 1 aromatic rings. The Kier molecular flexibility index (Phi) is 5.90. The molecule has 0 aromatic heterocycles. The topological polar surface area (TPSA) is 58.2 Å². The van der Waals surface area contributed by atoms with Gasteiger partial charge in [0, 0.05) is 13.1 Å². The van der Waals surface area contributed by atoms with Gasteiger partial charge in [-0.2, -0.15) is 0 Å². The fourth-order valence-corrected chi connectivity index (χ4v) is 3.11. The molecular formula is C15H25FN2O2S. The van der Waals surface area contributed by atoms with Gasteiger partial charge in [-0.3, -0.25) is 0 Å². The zero-order valence-corrected chi connectivity index (χ0v) is 14.1. The van der Waals surface area contributed by atoms with Crippen LogP contribution >= 0.6 is 0 Å². The molecule has 0 saturated carbocycles. The van der Waals surface area contributed by atoms with Crippen molar-refractivity contribution in [1.82, 2.24) is 10.0 Å². The van der Waals surface area contributed by atoms with E-state index in [1.54, 1.807) is 7.05 Å². The average Bonchev–Trinajstić information content (AvgIpc) is 2.37. The Labute approximate surface area is 127 Å². The summed E-state index contributed by atoms with van der Waals surface area (Å²) in [6.45, 7) is 8.84. The smallest absolute Gasteiger partial charge is 0.241 e. The average molecular weight is 316 g/mol. The zero-order valence-electron chi connectivity index (χ0n) is 13.3. The highest BCUT2D eigenvalue weighted by molar-refractivity contribution is 7.89. The van der Waals surface area contributed by atoms with E-state index in [-0.39, 0.29) is 16.2 Å². The highest BCUT2D eigenvalue weighted by Crippen LogP contribution is 2.25. The van der Waals surface area contributed by atoms with Gasteiger partial charge in [0.25, 0.3) is 0 Å². The first-order valence-electron chi connectivity index (χ1n) is 7.00. The van der Waals surface area contributed by atoms with Gasteiger partial charge < -0.3 is 5.32 Å². The van der Waals surface area contributed by atoms with E-state index in [1.807, 2.05) is 6.92 Å². The van der Waals surface area contributed by atoms with Gasteiger partial charge in [-0.15, -0.1) is 0 Å². The van der Waals surface area contributed by atoms with E-state index >= 15 is 0 Å². The number of nitrogens with one attached hydrogen (secondary N) is 2. The number of hydrogen-bond acceptors (Lipinski definition) is 3. The summed E-state index contributed by atoms with van der Waals surface area (Å²) in [6.07, 6.45) is 0. The number of hydrogen-bond donors (Lipinski definition) is 2. The third-order valence-electron chi connectivity index (χ3n) is 3.74. The first-order chi connectivity index (χ1) is 9.58. The highest BCUT2D eigenvalue weighted by atomic mass is 32.2. The maximum atomic E-state index is 13.4. The monoisotopic (exact) mass is 316 g/mol. The van der Waals surface area contributed by atoms with Crippen LogP contribution < -0.4 is 10.0 Å². The Hall–Kier alpha value is -0.980. The Morgan fingerprint density at radius 3 is 2.43 bits per heavy atom. The van der Waals surface area contributed by atoms with Gasteiger partial charge in [0.15, 0.2) is 0 Å². The minimum absolute atomic E-state index is 0.00172. The number of sulfonamides is 1. The fraction of sp³-hybridized carbons (Fsp3) is 0.600. The molecule has 0 radical (unpaired) electrons. The quantitative estimate of drug-likeness (QED) is 0.848. The molecule has 1 aromatic carbocycles. The van der Waals surface area contributed by atoms with Crippen molar-refractivity contribution in [3.8, 4) is 0 Å². The normalized spacial score (nSPS) is 14.2. The van der Waals surface area contributed by atoms with Crippen LogP contribution in [0.5, 0.6) is 0 Å². The molecule has 0 bridgehead atoms. The number of halogens is 1. The summed E-state index contributed by atoms with van der Waals surface area (Å²) in [5.74, 6) is -0.396. The summed E-state index contributed by atoms with van der Waals surface area (Å²) >= 11 is 0. The molecule has 0 aliphatic heterocycles. The van der Waals surface area contributed by atoms with Crippen LogP contribution in [-0.2, 0) is 16.6 Å². The van der Waals surface area contributed by atoms with Gasteiger partial charge in [-0.1, -0.05) is 33.8 Å². The molecule has 4 nitrogen and oxygen atoms in total. The lowest BCUT2D eigenvalue weighted by Crippen LogP contribution is -2.34. The van der Waals surface area contributed by atoms with Crippen molar-refractivity contribution in [1.29, 1.82) is 0 Å². The number of benzene rings is 1. The van der Waals surface area contributed by atoms with E-state index in [0.29, 0.717) is 18.7 Å². The van der Waals surface area contributed by atoms with Crippen molar-refractivity contribution in [2.24, 2.45) is 11.3 Å². The van der Waals surface area contributed by atoms with Gasteiger partial charge in [-0.05, 0) is 36.1 Å². The van der Waals surface area contributed by atoms with Gasteiger partial charge in [-0.25, -0.2) is 17.5 Å². The van der Waals surface area contributed by atoms with Crippen molar-refractivity contribution in [3.05, 3.63) is 29.6 Å². The van der Waals surface area contributed by atoms with Gasteiger partial charge in [0.05, 0.1) is 4.90 Å². The molecule has 0 spiro atoms. The maximum Gasteiger partial charge on any atom is 0.241 e. The van der Waals surface area contributed by atoms with Crippen molar-refractivity contribution in [2.45, 2.75) is 39.1 Å². The Morgan fingerprint density at radius 1 is 1.29 bits per heavy atom. The minimum atomic E-state index is -3.72. The predicted molar refractivity (Wildman–Crippen MR) is 83.0 cm³/mol. The molecule has 1 rings (SSSR count). The van der Waals surface area contributed by atoms with E-state index in [0.717, 1.165) is 6.07 Å². The summed E-state index contributed by atoms with van der Waals surface area (Å²) in [4.78, 5) is -0.00189. The van der Waals surface area contributed by atoms with E-state index < -0.39 is 15.8 Å². The molecule has 0 aliphatic carbocycles. The summed E-state index contributed by atoms with van der Waals surface area (Å²) in [5, 5.41) is 2.89. The highest BCUT2D eigenvalue weighted by Gasteiger charge is 2.24. The molecule has 0 amide bonds. The standard InChI is InChI=1S/C15H25FN2O2S/c1-11(15(2,3)4)9-18-21(19,20)14-8-13(16)7-6-12(14)10-17-5/h6-8,11,17-18H,9-10H2,1-5H3. The van der Waals surface area contributed by atoms with Crippen molar-refractivity contribution in [2.75, 3.05) is 13.6 Å². The van der Waals surface area contributed by atoms with Gasteiger partial charge in [0.2, 0.25) is 10.0 Å². The molecule has 1 unspecified atom stereocenters. The summed E-state index contributed by atoms with van der Waals surface area (Å²) in [7, 11) is -2.00. The predicted octanol–water partition coefficient (Wildman–Crippen LogP) is 2.51. The summed E-state index contributed by atoms with van der Waals surface area (Å²) in [6, 6.07) is 3.83. The van der Waals surface area contributed by atoms with Crippen molar-refractivity contribution < 1.29 is 12.8 Å². The summed E-state index contributed by atoms with van der Waals surface area (Å²) in [5.41, 5.74) is 0.549. The third-order valence-corrected chi connectivity index (χ3v) is 5.25. The Balaban J connectivity index is 3.00. The lowest BCUT2D eigenvalue weighted by molar-refractivity contribution is 0.263. The maximum absolute atomic E-state index is 13.4. The van der Waals surface area contributed by atoms with E-state index in [1.165, 1.54) is 12.1 Å². The lowest BCUT2D eigenvalue weighted by Gasteiger charge is -2.27. The van der Waals surface area contributed by atoms with E-state index in [4.69, 9.17) is 0 Å². The van der Waals surface area contributed by atoms with Crippen LogP contribution in [0.4, 0.5) is 4.39 Å². The zero-order chi connectivity index (χ0) is 16.3. The molecule has 2 N–H and O–H groups in total. The lowest BCUT2D eigenvalue weighted by atomic mass is 9.82. The van der Waals surface area contributed by atoms with Crippen LogP contribution in [0.3, 0.4) is 0 Å². The molecule has 0 saturated heterocycles. The second kappa shape index (κ2) is 6.85. The molecule has 21 heavy (non-hydrogen) atoms. The minimum Gasteiger partial charge on any atom is -0.316 e. The second-order valence-corrected chi connectivity index (χ2v) is 8.14. The second-order valence-electron chi connectivity index (χ2n) is 6.40. The molecule has 0 aliphatic rings. The first-order valence-corrected chi connectivity index (χ1v) is 8.49. The molecule has 1 atom stereocenters. The molecular weight excluding hydrogens is 291 g/mol. The molecule has 0 heterocycles. The van der Waals surface area contributed by atoms with Crippen LogP contribution in [-0.4, -0.2) is 22.0 Å². The van der Waals surface area contributed by atoms with Crippen LogP contribution in [0.25, 0.3) is 0 Å². The SMILES string of the molecule is CNCc1ccc(F)cc1S(=O)(=O)NCC(C)C(C)(C)C. The van der Waals surface area contributed by atoms with Crippen LogP contribution in [0.15, 0.2) is 23.1 Å². The van der Waals surface area contributed by atoms with Crippen LogP contribution in [0.1, 0.15) is 33.3 Å². The molecule has 0 fully saturated rings. The van der Waals surface area contributed by atoms with Crippen molar-refractivity contribution >= 4 is 10.0 Å². The number of rotatable bonds is 6. The Morgan fingerprint density at radius 2 is 1.90 bits per heavy atom. The third kappa shape index (κ3) is 5.05. The van der Waals surface area contributed by atoms with E-state index in [9.17, 15) is 12.8 Å². The Bertz CT molecular complexity index is 580. The van der Waals surface area contributed by atoms with Crippen LogP contribution in [0.2, 0.25) is 0 Å². The molecule has 120 valence electrons. The van der Waals surface area contributed by atoms with Crippen molar-refractivity contribution in [3.63, 3.8) is 0 Å². The summed E-state index contributed by atoms with van der Waals surface area (Å²) < 4.78 is 40.8. The van der Waals surface area contributed by atoms with E-state index in [2.05, 4.69) is 30.8 Å². The molecule has 6 heteroatoms. The largest absolute Gasteiger partial charge is 0.316 e. The van der Waals surface area contributed by atoms with Crippen LogP contribution in [0, 0.1) is 17.2 Å². The first kappa shape index (κ1) is 18.1. The van der Waals surface area contributed by atoms with Gasteiger partial charge >= 0.3 is 0 Å². The fourth-order valence-electron chi connectivity index (χ4n) is 1.73. The van der Waals surface area contributed by atoms with Gasteiger partial charge in [0.1, 0.15) is 5.82 Å².